The molecule has 0 saturated carbocycles. The highest BCUT2D eigenvalue weighted by Gasteiger charge is 2.26. The van der Waals surface area contributed by atoms with E-state index in [1.807, 2.05) is 29.5 Å². The van der Waals surface area contributed by atoms with Gasteiger partial charge in [0, 0.05) is 41.2 Å². The number of primary amides is 1. The molecule has 2 aliphatic carbocycles. The van der Waals surface area contributed by atoms with Crippen LogP contribution in [-0.4, -0.2) is 45.0 Å². The number of hydrogen-bond donors (Lipinski definition) is 2. The van der Waals surface area contributed by atoms with Gasteiger partial charge in [-0.05, 0) is 114 Å². The van der Waals surface area contributed by atoms with Crippen molar-refractivity contribution in [3.63, 3.8) is 0 Å². The topological polar surface area (TPSA) is 128 Å². The average Bonchev–Trinajstić information content (AvgIpc) is 3.72. The first-order chi connectivity index (χ1) is 27.2. The van der Waals surface area contributed by atoms with Crippen molar-refractivity contribution in [3.05, 3.63) is 124 Å². The third-order valence-corrected chi connectivity index (χ3v) is 13.5. The Morgan fingerprint density at radius 1 is 0.929 bits per heavy atom. The number of hydrogen-bond acceptors (Lipinski definition) is 7. The minimum absolute atomic E-state index is 0.150. The van der Waals surface area contributed by atoms with E-state index in [0.29, 0.717) is 18.8 Å². The van der Waals surface area contributed by atoms with Crippen LogP contribution in [0.3, 0.4) is 0 Å². The number of thiophene rings is 1. The molecule has 1 aromatic heterocycles. The highest BCUT2D eigenvalue weighted by Crippen LogP contribution is 2.42. The number of nitrogens with two attached hydrogens (primary N) is 1. The van der Waals surface area contributed by atoms with Gasteiger partial charge in [0.1, 0.15) is 0 Å². The number of carbonyl (C=O) groups excluding carboxylic acids is 2. The van der Waals surface area contributed by atoms with Crippen molar-refractivity contribution in [2.75, 3.05) is 18.2 Å². The van der Waals surface area contributed by atoms with Gasteiger partial charge in [0.2, 0.25) is 5.91 Å². The Morgan fingerprint density at radius 2 is 1.77 bits per heavy atom. The summed E-state index contributed by atoms with van der Waals surface area (Å²) in [7, 11) is -3.29. The van der Waals surface area contributed by atoms with Crippen molar-refractivity contribution in [2.45, 2.75) is 82.7 Å². The molecule has 3 amide bonds. The number of ether oxygens (including phenoxy) is 1. The Bertz CT molecular complexity index is 2270. The molecule has 8 rings (SSSR count). The van der Waals surface area contributed by atoms with Crippen molar-refractivity contribution in [1.82, 2.24) is 5.32 Å². The van der Waals surface area contributed by atoms with E-state index in [1.165, 1.54) is 60.4 Å². The Balaban J connectivity index is 0.000000344. The fraction of sp³-hybridized carbons (Fsp3) is 0.333. The first-order valence-corrected chi connectivity index (χ1v) is 22.0. The molecule has 3 aromatic carbocycles. The van der Waals surface area contributed by atoms with Crippen LogP contribution in [0.1, 0.15) is 79.0 Å². The zero-order chi connectivity index (χ0) is 39.1. The van der Waals surface area contributed by atoms with Crippen LogP contribution in [0, 0.1) is 0 Å². The molecular weight excluding hydrogens is 743 g/mol. The second-order valence-corrected chi connectivity index (χ2v) is 17.6. The standard InChI is InChI=1S/C38H40N2O3S.C7H9NO3S/c1-2-3-22-39-38(41)40(43-37-13-6-7-23-42-37)30-11-8-10-28(25-30)35-20-21-36(44-35)29-16-17-32-27(24-29)15-19-33-31-12-5-4-9-26(31)14-18-34(32)33;8-7(9)5-6-3-1-2-4-12(6,10)11/h4-5,8-12,15,19-21,24-25,37H,2-3,6-7,13-14,16-18,22-23H2,1H3,(H,39,41);1-4,6H,5H2,(H2,8,9). The van der Waals surface area contributed by atoms with Gasteiger partial charge in [-0.2, -0.15) is 5.06 Å². The van der Waals surface area contributed by atoms with E-state index in [9.17, 15) is 18.0 Å². The molecule has 1 saturated heterocycles. The van der Waals surface area contributed by atoms with Gasteiger partial charge in [-0.25, -0.2) is 18.0 Å². The van der Waals surface area contributed by atoms with Crippen LogP contribution in [0.5, 0.6) is 0 Å². The zero-order valence-electron chi connectivity index (χ0n) is 31.7. The molecule has 1 fully saturated rings. The van der Waals surface area contributed by atoms with E-state index < -0.39 is 27.3 Å². The number of rotatable bonds is 10. The van der Waals surface area contributed by atoms with Crippen LogP contribution < -0.4 is 16.1 Å². The molecule has 3 N–H and O–H groups in total. The summed E-state index contributed by atoms with van der Waals surface area (Å²) in [6.07, 6.45) is 15.5. The van der Waals surface area contributed by atoms with Gasteiger partial charge in [0.05, 0.1) is 10.9 Å². The fourth-order valence-corrected chi connectivity index (χ4v) is 9.89. The van der Waals surface area contributed by atoms with Crippen LogP contribution in [0.2, 0.25) is 0 Å². The minimum Gasteiger partial charge on any atom is -0.370 e. The smallest absolute Gasteiger partial charge is 0.346 e. The summed E-state index contributed by atoms with van der Waals surface area (Å²) in [5, 5.41) is 4.71. The quantitative estimate of drug-likeness (QED) is 0.122. The van der Waals surface area contributed by atoms with Crippen LogP contribution in [0.15, 0.2) is 96.4 Å². The third kappa shape index (κ3) is 9.24. The molecule has 2 aliphatic heterocycles. The molecule has 0 bridgehead atoms. The monoisotopic (exact) mass is 791 g/mol. The normalized spacial score (nSPS) is 19.0. The van der Waals surface area contributed by atoms with Crippen LogP contribution in [0.25, 0.3) is 33.2 Å². The van der Waals surface area contributed by atoms with Crippen LogP contribution in [0.4, 0.5) is 10.5 Å². The fourth-order valence-electron chi connectivity index (χ4n) is 7.62. The molecule has 4 aliphatic rings. The van der Waals surface area contributed by atoms with E-state index in [4.69, 9.17) is 15.3 Å². The molecule has 292 valence electrons. The van der Waals surface area contributed by atoms with Crippen molar-refractivity contribution in [2.24, 2.45) is 5.73 Å². The summed E-state index contributed by atoms with van der Waals surface area (Å²) in [6, 6.07) is 25.8. The maximum absolute atomic E-state index is 13.2. The molecule has 11 heteroatoms. The number of fused-ring (bicyclic) bond motifs is 5. The molecule has 0 spiro atoms. The maximum atomic E-state index is 13.2. The number of nitrogens with one attached hydrogen (secondary N) is 1. The number of carbonyl (C=O) groups is 2. The zero-order valence-corrected chi connectivity index (χ0v) is 33.4. The summed E-state index contributed by atoms with van der Waals surface area (Å²) in [6.45, 7) is 3.39. The number of benzene rings is 3. The number of sulfone groups is 1. The Morgan fingerprint density at radius 3 is 2.57 bits per heavy atom. The van der Waals surface area contributed by atoms with Gasteiger partial charge in [-0.3, -0.25) is 4.79 Å². The van der Waals surface area contributed by atoms with E-state index in [1.54, 1.807) is 11.6 Å². The first-order valence-electron chi connectivity index (χ1n) is 19.6. The Labute approximate surface area is 333 Å². The molecule has 0 radical (unpaired) electrons. The lowest BCUT2D eigenvalue weighted by Crippen LogP contribution is -2.44. The van der Waals surface area contributed by atoms with Gasteiger partial charge in [0.25, 0.3) is 0 Å². The van der Waals surface area contributed by atoms with E-state index in [-0.39, 0.29) is 12.5 Å². The Kier molecular flexibility index (Phi) is 12.7. The number of hydroxylamine groups is 1. The van der Waals surface area contributed by atoms with Crippen molar-refractivity contribution in [3.8, 4) is 21.6 Å². The molecular formula is C45H49N3O6S2. The number of nitrogens with zero attached hydrogens (tertiary/aromatic N) is 1. The van der Waals surface area contributed by atoms with Crippen LogP contribution in [-0.2, 0) is 43.5 Å². The Hall–Kier alpha value is -4.81. The molecule has 3 heterocycles. The summed E-state index contributed by atoms with van der Waals surface area (Å²) in [5.74, 6) is -0.608. The lowest BCUT2D eigenvalue weighted by Gasteiger charge is -2.29. The van der Waals surface area contributed by atoms with Crippen molar-refractivity contribution >= 4 is 50.4 Å². The number of anilines is 1. The van der Waals surface area contributed by atoms with Gasteiger partial charge in [0.15, 0.2) is 16.1 Å². The SMILES string of the molecule is CCCCNC(=O)N(OC1CCCCO1)c1cccc(-c2ccc(C3=Cc4ccc5c(c4CC3)CCc3ccccc3-5)s2)c1.NC(=O)CC1C=CC=CS1(=O)=O. The van der Waals surface area contributed by atoms with Gasteiger partial charge >= 0.3 is 6.03 Å². The van der Waals surface area contributed by atoms with Crippen LogP contribution >= 0.6 is 11.3 Å². The molecule has 2 atom stereocenters. The number of amides is 3. The van der Waals surface area contributed by atoms with Gasteiger partial charge < -0.3 is 15.8 Å². The second kappa shape index (κ2) is 18.0. The highest BCUT2D eigenvalue weighted by molar-refractivity contribution is 7.95. The highest BCUT2D eigenvalue weighted by atomic mass is 32.2. The number of unbranched alkanes of at least 4 members (excludes halogenated alkanes) is 1. The predicted octanol–water partition coefficient (Wildman–Crippen LogP) is 9.17. The third-order valence-electron chi connectivity index (χ3n) is 10.6. The van der Waals surface area contributed by atoms with E-state index >= 15 is 0 Å². The van der Waals surface area contributed by atoms with Gasteiger partial charge in [-0.15, -0.1) is 11.3 Å². The van der Waals surface area contributed by atoms with Crippen molar-refractivity contribution in [1.29, 1.82) is 0 Å². The van der Waals surface area contributed by atoms with E-state index in [0.717, 1.165) is 68.8 Å². The molecule has 2 unspecified atom stereocenters. The predicted molar refractivity (Wildman–Crippen MR) is 225 cm³/mol. The molecule has 56 heavy (non-hydrogen) atoms. The number of allylic oxidation sites excluding steroid dienone is 3. The summed E-state index contributed by atoms with van der Waals surface area (Å²) >= 11 is 1.82. The maximum Gasteiger partial charge on any atom is 0.346 e. The largest absolute Gasteiger partial charge is 0.370 e. The molecule has 9 nitrogen and oxygen atoms in total. The summed E-state index contributed by atoms with van der Waals surface area (Å²) in [4.78, 5) is 32.3. The van der Waals surface area contributed by atoms with E-state index in [2.05, 4.69) is 72.9 Å². The summed E-state index contributed by atoms with van der Waals surface area (Å²) in [5.41, 5.74) is 16.8. The number of urea groups is 1. The first kappa shape index (κ1) is 39.4. The minimum atomic E-state index is -3.29. The lowest BCUT2D eigenvalue weighted by atomic mass is 9.78. The van der Waals surface area contributed by atoms with Gasteiger partial charge in [-0.1, -0.05) is 86.2 Å². The van der Waals surface area contributed by atoms with Crippen molar-refractivity contribution < 1.29 is 27.6 Å². The average molecular weight is 792 g/mol. The number of aryl methyl sites for hydroxylation is 1. The molecule has 4 aromatic rings. The summed E-state index contributed by atoms with van der Waals surface area (Å²) < 4.78 is 28.2. The lowest BCUT2D eigenvalue weighted by molar-refractivity contribution is -0.163. The second-order valence-electron chi connectivity index (χ2n) is 14.5.